The van der Waals surface area contributed by atoms with Crippen LogP contribution in [0.4, 0.5) is 8.78 Å². The summed E-state index contributed by atoms with van der Waals surface area (Å²) < 4.78 is 46.2. The van der Waals surface area contributed by atoms with Crippen molar-refractivity contribution in [1.29, 1.82) is 0 Å². The second-order valence-electron chi connectivity index (χ2n) is 2.61. The van der Waals surface area contributed by atoms with Gasteiger partial charge >= 0.3 is 0 Å². The van der Waals surface area contributed by atoms with Gasteiger partial charge in [-0.2, -0.15) is 0 Å². The van der Waals surface area contributed by atoms with Gasteiger partial charge in [0, 0.05) is 16.9 Å². The molecule has 3 nitrogen and oxygen atoms in total. The van der Waals surface area contributed by atoms with Crippen molar-refractivity contribution in [3.8, 4) is 0 Å². The molecule has 1 aromatic rings. The Hall–Kier alpha value is -0.750. The fourth-order valence-electron chi connectivity index (χ4n) is 0.902. The molecule has 0 bridgehead atoms. The summed E-state index contributed by atoms with van der Waals surface area (Å²) in [6.45, 7) is 1.43. The molecule has 0 aliphatic rings. The van der Waals surface area contributed by atoms with Gasteiger partial charge in [0.15, 0.2) is 0 Å². The van der Waals surface area contributed by atoms with Crippen molar-refractivity contribution in [3.05, 3.63) is 23.5 Å². The second-order valence-corrected chi connectivity index (χ2v) is 5.15. The molecule has 0 aliphatic carbocycles. The largest absolute Gasteiger partial charge is 0.280 e. The molecule has 0 saturated carbocycles. The van der Waals surface area contributed by atoms with Gasteiger partial charge in [-0.1, -0.05) is 0 Å². The SMILES string of the molecule is Cc1cnc(C(F)F)cc1S(=O)(=O)Cl. The molecule has 0 unspecified atom stereocenters. The maximum absolute atomic E-state index is 12.2. The highest BCUT2D eigenvalue weighted by molar-refractivity contribution is 8.13. The Kier molecular flexibility index (Phi) is 3.06. The van der Waals surface area contributed by atoms with Crippen LogP contribution < -0.4 is 0 Å². The Morgan fingerprint density at radius 1 is 1.50 bits per heavy atom. The molecule has 78 valence electrons. The van der Waals surface area contributed by atoms with Gasteiger partial charge in [-0.25, -0.2) is 17.2 Å². The average molecular weight is 242 g/mol. The number of aromatic nitrogens is 1. The second kappa shape index (κ2) is 3.78. The van der Waals surface area contributed by atoms with Crippen molar-refractivity contribution >= 4 is 19.7 Å². The Morgan fingerprint density at radius 2 is 2.07 bits per heavy atom. The monoisotopic (exact) mass is 241 g/mol. The predicted octanol–water partition coefficient (Wildman–Crippen LogP) is 2.26. The zero-order valence-electron chi connectivity index (χ0n) is 7.04. The van der Waals surface area contributed by atoms with Crippen molar-refractivity contribution in [3.63, 3.8) is 0 Å². The van der Waals surface area contributed by atoms with Crippen LogP contribution in [0.2, 0.25) is 0 Å². The third kappa shape index (κ3) is 2.39. The third-order valence-corrected chi connectivity index (χ3v) is 3.03. The molecular weight excluding hydrogens is 236 g/mol. The first kappa shape index (κ1) is 11.3. The Bertz CT molecular complexity index is 447. The topological polar surface area (TPSA) is 47.0 Å². The maximum Gasteiger partial charge on any atom is 0.280 e. The van der Waals surface area contributed by atoms with E-state index in [1.54, 1.807) is 0 Å². The summed E-state index contributed by atoms with van der Waals surface area (Å²) in [5.74, 6) is 0. The highest BCUT2D eigenvalue weighted by atomic mass is 35.7. The first-order valence-corrected chi connectivity index (χ1v) is 5.82. The summed E-state index contributed by atoms with van der Waals surface area (Å²) in [6, 6.07) is 0.780. The number of hydrogen-bond donors (Lipinski definition) is 0. The summed E-state index contributed by atoms with van der Waals surface area (Å²) in [5.41, 5.74) is -0.362. The minimum atomic E-state index is -3.99. The third-order valence-electron chi connectivity index (χ3n) is 1.56. The fraction of sp³-hybridized carbons (Fsp3) is 0.286. The molecule has 0 spiro atoms. The predicted molar refractivity (Wildman–Crippen MR) is 47.0 cm³/mol. The molecule has 1 heterocycles. The molecule has 0 amide bonds. The van der Waals surface area contributed by atoms with Crippen molar-refractivity contribution in [2.45, 2.75) is 18.2 Å². The van der Waals surface area contributed by atoms with E-state index in [0.717, 1.165) is 12.3 Å². The molecule has 0 saturated heterocycles. The lowest BCUT2D eigenvalue weighted by Crippen LogP contribution is -1.99. The van der Waals surface area contributed by atoms with Crippen molar-refractivity contribution in [2.75, 3.05) is 0 Å². The number of nitrogens with zero attached hydrogens (tertiary/aromatic N) is 1. The van der Waals surface area contributed by atoms with Crippen LogP contribution in [0.15, 0.2) is 17.2 Å². The van der Waals surface area contributed by atoms with Crippen molar-refractivity contribution < 1.29 is 17.2 Å². The molecule has 0 radical (unpaired) electrons. The van der Waals surface area contributed by atoms with Gasteiger partial charge in [-0.15, -0.1) is 0 Å². The van der Waals surface area contributed by atoms with Gasteiger partial charge in [-0.05, 0) is 18.6 Å². The molecule has 0 N–H and O–H groups in total. The average Bonchev–Trinajstić information content (AvgIpc) is 2.02. The van der Waals surface area contributed by atoms with E-state index in [1.807, 2.05) is 0 Å². The van der Waals surface area contributed by atoms with Gasteiger partial charge < -0.3 is 0 Å². The van der Waals surface area contributed by atoms with E-state index in [0.29, 0.717) is 0 Å². The first-order chi connectivity index (χ1) is 6.32. The summed E-state index contributed by atoms with van der Waals surface area (Å²) in [5, 5.41) is 0. The fourth-order valence-corrected chi connectivity index (χ4v) is 2.10. The van der Waals surface area contributed by atoms with Crippen LogP contribution >= 0.6 is 10.7 Å². The minimum absolute atomic E-state index is 0.240. The molecule has 14 heavy (non-hydrogen) atoms. The van der Waals surface area contributed by atoms with Crippen LogP contribution in [0.3, 0.4) is 0 Å². The number of rotatable bonds is 2. The van der Waals surface area contributed by atoms with Crippen LogP contribution in [0.5, 0.6) is 0 Å². The summed E-state index contributed by atoms with van der Waals surface area (Å²) in [7, 11) is 1.05. The van der Waals surface area contributed by atoms with E-state index >= 15 is 0 Å². The summed E-state index contributed by atoms with van der Waals surface area (Å²) >= 11 is 0. The van der Waals surface area contributed by atoms with Crippen LogP contribution in [0, 0.1) is 6.92 Å². The number of halogens is 3. The Morgan fingerprint density at radius 3 is 2.50 bits per heavy atom. The lowest BCUT2D eigenvalue weighted by atomic mass is 10.3. The molecule has 0 aliphatic heterocycles. The van der Waals surface area contributed by atoms with E-state index in [2.05, 4.69) is 4.98 Å². The van der Waals surface area contributed by atoms with Crippen molar-refractivity contribution in [2.24, 2.45) is 0 Å². The maximum atomic E-state index is 12.2. The van der Waals surface area contributed by atoms with Gasteiger partial charge in [-0.3, -0.25) is 4.98 Å². The Labute approximate surface area is 84.1 Å². The van der Waals surface area contributed by atoms with E-state index < -0.39 is 21.2 Å². The lowest BCUT2D eigenvalue weighted by molar-refractivity contribution is 0.145. The van der Waals surface area contributed by atoms with Crippen LogP contribution in [-0.2, 0) is 9.05 Å². The quantitative estimate of drug-likeness (QED) is 0.746. The molecule has 0 atom stereocenters. The van der Waals surface area contributed by atoms with Crippen LogP contribution in [0.25, 0.3) is 0 Å². The summed E-state index contributed by atoms with van der Waals surface area (Å²) in [6.07, 6.45) is -1.76. The molecule has 0 fully saturated rings. The summed E-state index contributed by atoms with van der Waals surface area (Å²) in [4.78, 5) is 3.05. The van der Waals surface area contributed by atoms with E-state index in [-0.39, 0.29) is 10.5 Å². The van der Waals surface area contributed by atoms with E-state index in [9.17, 15) is 17.2 Å². The van der Waals surface area contributed by atoms with Crippen LogP contribution in [-0.4, -0.2) is 13.4 Å². The van der Waals surface area contributed by atoms with Gasteiger partial charge in [0.2, 0.25) is 0 Å². The van der Waals surface area contributed by atoms with Gasteiger partial charge in [0.1, 0.15) is 5.69 Å². The molecule has 1 rings (SSSR count). The van der Waals surface area contributed by atoms with Crippen LogP contribution in [0.1, 0.15) is 17.7 Å². The zero-order valence-corrected chi connectivity index (χ0v) is 8.61. The number of pyridine rings is 1. The first-order valence-electron chi connectivity index (χ1n) is 3.51. The number of hydrogen-bond acceptors (Lipinski definition) is 3. The standard InChI is InChI=1S/C7H6ClF2NO2S/c1-4-3-11-5(7(9)10)2-6(4)14(8,12)13/h2-3,7H,1H3. The highest BCUT2D eigenvalue weighted by Gasteiger charge is 2.18. The lowest BCUT2D eigenvalue weighted by Gasteiger charge is -2.03. The number of alkyl halides is 2. The highest BCUT2D eigenvalue weighted by Crippen LogP contribution is 2.24. The number of aryl methyl sites for hydroxylation is 1. The smallest absolute Gasteiger partial charge is 0.255 e. The zero-order chi connectivity index (χ0) is 10.9. The van der Waals surface area contributed by atoms with E-state index in [4.69, 9.17) is 10.7 Å². The normalized spacial score (nSPS) is 12.1. The molecule has 1 aromatic heterocycles. The molecule has 7 heteroatoms. The minimum Gasteiger partial charge on any atom is -0.255 e. The van der Waals surface area contributed by atoms with E-state index in [1.165, 1.54) is 6.92 Å². The van der Waals surface area contributed by atoms with Gasteiger partial charge in [0.05, 0.1) is 4.90 Å². The molecular formula is C7H6ClF2NO2S. The molecule has 0 aromatic carbocycles. The van der Waals surface area contributed by atoms with Crippen molar-refractivity contribution in [1.82, 2.24) is 4.98 Å². The van der Waals surface area contributed by atoms with Gasteiger partial charge in [0.25, 0.3) is 15.5 Å². The Balaban J connectivity index is 3.37.